The number of phenols is 2. The summed E-state index contributed by atoms with van der Waals surface area (Å²) in [6.45, 7) is 0.712. The molecular formula is C16H13NO3. The molecule has 4 nitrogen and oxygen atoms in total. The van der Waals surface area contributed by atoms with Gasteiger partial charge in [0.1, 0.15) is 11.3 Å². The molecule has 2 heterocycles. The Morgan fingerprint density at radius 1 is 1.10 bits per heavy atom. The lowest BCUT2D eigenvalue weighted by atomic mass is 9.99. The van der Waals surface area contributed by atoms with E-state index < -0.39 is 0 Å². The lowest BCUT2D eigenvalue weighted by Gasteiger charge is -2.26. The van der Waals surface area contributed by atoms with Crippen LogP contribution in [-0.4, -0.2) is 17.3 Å². The van der Waals surface area contributed by atoms with Gasteiger partial charge in [-0.25, -0.2) is 0 Å². The molecule has 1 aromatic heterocycles. The van der Waals surface area contributed by atoms with Crippen molar-refractivity contribution in [3.8, 4) is 22.8 Å². The van der Waals surface area contributed by atoms with E-state index in [1.165, 1.54) is 6.07 Å². The number of benzene rings is 2. The van der Waals surface area contributed by atoms with E-state index in [1.807, 2.05) is 25.2 Å². The first-order valence-corrected chi connectivity index (χ1v) is 6.43. The predicted octanol–water partition coefficient (Wildman–Crippen LogP) is 3.46. The second kappa shape index (κ2) is 3.70. The minimum absolute atomic E-state index is 0.123. The van der Waals surface area contributed by atoms with E-state index in [-0.39, 0.29) is 11.5 Å². The molecule has 0 saturated carbocycles. The summed E-state index contributed by atoms with van der Waals surface area (Å²) >= 11 is 0. The lowest BCUT2D eigenvalue weighted by molar-refractivity contribution is 0.404. The highest BCUT2D eigenvalue weighted by molar-refractivity contribution is 5.94. The summed E-state index contributed by atoms with van der Waals surface area (Å²) in [5.74, 6) is 0.534. The molecule has 0 spiro atoms. The third-order valence-corrected chi connectivity index (χ3v) is 3.84. The van der Waals surface area contributed by atoms with Crippen LogP contribution in [0.5, 0.6) is 11.5 Å². The van der Waals surface area contributed by atoms with Gasteiger partial charge in [-0.3, -0.25) is 0 Å². The van der Waals surface area contributed by atoms with Gasteiger partial charge in [0.2, 0.25) is 0 Å². The van der Waals surface area contributed by atoms with Gasteiger partial charge >= 0.3 is 0 Å². The zero-order valence-electron chi connectivity index (χ0n) is 10.9. The van der Waals surface area contributed by atoms with Gasteiger partial charge in [0.25, 0.3) is 0 Å². The SMILES string of the molecule is CN1Cc2c(oc3cc(O)c(O)cc23)-c2ccccc21. The Balaban J connectivity index is 2.08. The second-order valence-corrected chi connectivity index (χ2v) is 5.12. The van der Waals surface area contributed by atoms with E-state index in [9.17, 15) is 10.2 Å². The Morgan fingerprint density at radius 3 is 2.70 bits per heavy atom. The average molecular weight is 267 g/mol. The topological polar surface area (TPSA) is 56.8 Å². The zero-order valence-corrected chi connectivity index (χ0v) is 10.9. The highest BCUT2D eigenvalue weighted by Gasteiger charge is 2.26. The Kier molecular flexibility index (Phi) is 2.07. The number of hydrogen-bond donors (Lipinski definition) is 2. The van der Waals surface area contributed by atoms with Crippen LogP contribution in [0.15, 0.2) is 40.8 Å². The van der Waals surface area contributed by atoms with Crippen molar-refractivity contribution in [1.29, 1.82) is 0 Å². The Bertz CT molecular complexity index is 835. The Morgan fingerprint density at radius 2 is 1.85 bits per heavy atom. The lowest BCUT2D eigenvalue weighted by Crippen LogP contribution is -2.20. The Labute approximate surface area is 115 Å². The summed E-state index contributed by atoms with van der Waals surface area (Å²) in [5.41, 5.74) is 3.78. The van der Waals surface area contributed by atoms with Gasteiger partial charge in [-0.2, -0.15) is 0 Å². The number of hydrogen-bond acceptors (Lipinski definition) is 4. The highest BCUT2D eigenvalue weighted by Crippen LogP contribution is 2.45. The van der Waals surface area contributed by atoms with Crippen LogP contribution < -0.4 is 4.90 Å². The first kappa shape index (κ1) is 11.2. The summed E-state index contributed by atoms with van der Waals surface area (Å²) in [4.78, 5) is 2.15. The number of anilines is 1. The summed E-state index contributed by atoms with van der Waals surface area (Å²) < 4.78 is 5.90. The summed E-state index contributed by atoms with van der Waals surface area (Å²) in [7, 11) is 2.03. The maximum atomic E-state index is 9.69. The van der Waals surface area contributed by atoms with Crippen LogP contribution in [-0.2, 0) is 6.54 Å². The standard InChI is InChI=1S/C16H13NO3/c1-17-8-11-10-6-13(18)14(19)7-15(10)20-16(11)9-4-2-3-5-12(9)17/h2-7,18-19H,8H2,1H3. The van der Waals surface area contributed by atoms with E-state index >= 15 is 0 Å². The number of para-hydroxylation sites is 1. The van der Waals surface area contributed by atoms with Crippen molar-refractivity contribution in [2.24, 2.45) is 0 Å². The molecule has 1 aliphatic rings. The van der Waals surface area contributed by atoms with E-state index in [4.69, 9.17) is 4.42 Å². The van der Waals surface area contributed by atoms with Crippen molar-refractivity contribution in [3.05, 3.63) is 42.0 Å². The number of fused-ring (bicyclic) bond motifs is 5. The van der Waals surface area contributed by atoms with Gasteiger partial charge in [-0.15, -0.1) is 0 Å². The number of furan rings is 1. The molecule has 100 valence electrons. The van der Waals surface area contributed by atoms with E-state index in [2.05, 4.69) is 11.0 Å². The molecule has 0 amide bonds. The normalized spacial score (nSPS) is 13.3. The fraction of sp³-hybridized carbons (Fsp3) is 0.125. The number of nitrogens with zero attached hydrogens (tertiary/aromatic N) is 1. The zero-order chi connectivity index (χ0) is 13.9. The second-order valence-electron chi connectivity index (χ2n) is 5.12. The molecule has 0 fully saturated rings. The maximum absolute atomic E-state index is 9.69. The van der Waals surface area contributed by atoms with Crippen molar-refractivity contribution < 1.29 is 14.6 Å². The fourth-order valence-corrected chi connectivity index (χ4v) is 2.87. The molecule has 0 saturated heterocycles. The first-order valence-electron chi connectivity index (χ1n) is 6.43. The predicted molar refractivity (Wildman–Crippen MR) is 77.1 cm³/mol. The molecule has 2 N–H and O–H groups in total. The average Bonchev–Trinajstić information content (AvgIpc) is 2.78. The molecule has 2 aromatic carbocycles. The van der Waals surface area contributed by atoms with Crippen LogP contribution in [0.2, 0.25) is 0 Å². The minimum Gasteiger partial charge on any atom is -0.504 e. The largest absolute Gasteiger partial charge is 0.504 e. The van der Waals surface area contributed by atoms with Crippen LogP contribution in [0.1, 0.15) is 5.56 Å². The van der Waals surface area contributed by atoms with Crippen LogP contribution in [0.4, 0.5) is 5.69 Å². The van der Waals surface area contributed by atoms with Crippen molar-refractivity contribution >= 4 is 16.7 Å². The molecule has 0 radical (unpaired) electrons. The van der Waals surface area contributed by atoms with Gasteiger partial charge in [0.05, 0.1) is 0 Å². The first-order chi connectivity index (χ1) is 9.65. The van der Waals surface area contributed by atoms with Crippen LogP contribution >= 0.6 is 0 Å². The molecule has 4 heteroatoms. The van der Waals surface area contributed by atoms with Gasteiger partial charge in [0, 0.05) is 41.9 Å². The molecular weight excluding hydrogens is 254 g/mol. The Hall–Kier alpha value is -2.62. The van der Waals surface area contributed by atoms with E-state index in [0.717, 1.165) is 28.0 Å². The quantitative estimate of drug-likeness (QED) is 0.612. The van der Waals surface area contributed by atoms with Crippen molar-refractivity contribution in [2.45, 2.75) is 6.54 Å². The molecule has 0 unspecified atom stereocenters. The summed E-state index contributed by atoms with van der Waals surface area (Å²) in [6.07, 6.45) is 0. The van der Waals surface area contributed by atoms with Gasteiger partial charge in [-0.05, 0) is 18.2 Å². The maximum Gasteiger partial charge on any atom is 0.161 e. The number of aromatic hydroxyl groups is 2. The molecule has 0 bridgehead atoms. The van der Waals surface area contributed by atoms with Crippen molar-refractivity contribution in [2.75, 3.05) is 11.9 Å². The van der Waals surface area contributed by atoms with Gasteiger partial charge in [-0.1, -0.05) is 12.1 Å². The third kappa shape index (κ3) is 1.36. The molecule has 20 heavy (non-hydrogen) atoms. The molecule has 4 rings (SSSR count). The summed E-state index contributed by atoms with van der Waals surface area (Å²) in [5, 5.41) is 20.1. The number of phenolic OH excluding ortho intramolecular Hbond substituents is 2. The van der Waals surface area contributed by atoms with Crippen LogP contribution in [0.25, 0.3) is 22.3 Å². The summed E-state index contributed by atoms with van der Waals surface area (Å²) in [6, 6.07) is 11.1. The van der Waals surface area contributed by atoms with Crippen LogP contribution in [0, 0.1) is 0 Å². The monoisotopic (exact) mass is 267 g/mol. The van der Waals surface area contributed by atoms with Crippen molar-refractivity contribution in [3.63, 3.8) is 0 Å². The minimum atomic E-state index is -0.162. The molecule has 0 aliphatic carbocycles. The van der Waals surface area contributed by atoms with Crippen LogP contribution in [0.3, 0.4) is 0 Å². The van der Waals surface area contributed by atoms with Gasteiger partial charge in [0.15, 0.2) is 11.5 Å². The van der Waals surface area contributed by atoms with E-state index in [0.29, 0.717) is 12.1 Å². The molecule has 1 aliphatic heterocycles. The number of rotatable bonds is 0. The smallest absolute Gasteiger partial charge is 0.161 e. The third-order valence-electron chi connectivity index (χ3n) is 3.84. The molecule has 3 aromatic rings. The van der Waals surface area contributed by atoms with E-state index in [1.54, 1.807) is 6.07 Å². The fourth-order valence-electron chi connectivity index (χ4n) is 2.87. The highest BCUT2D eigenvalue weighted by atomic mass is 16.3. The molecule has 0 atom stereocenters. The van der Waals surface area contributed by atoms with Gasteiger partial charge < -0.3 is 19.5 Å². The van der Waals surface area contributed by atoms with Crippen molar-refractivity contribution in [1.82, 2.24) is 0 Å².